The molecule has 1 aromatic heterocycles. The number of aliphatic hydroxyl groups is 1. The topological polar surface area (TPSA) is 204 Å². The van der Waals surface area contributed by atoms with Gasteiger partial charge in [-0.25, -0.2) is 14.4 Å². The van der Waals surface area contributed by atoms with Crippen LogP contribution < -0.4 is 15.4 Å². The molecular formula is C28H27N5O8. The highest BCUT2D eigenvalue weighted by atomic mass is 16.5. The first-order valence-electron chi connectivity index (χ1n) is 12.2. The molecule has 212 valence electrons. The molecule has 6 N–H and O–H groups in total. The molecule has 0 atom stereocenters. The van der Waals surface area contributed by atoms with Gasteiger partial charge in [-0.1, -0.05) is 44.2 Å². The highest BCUT2D eigenvalue weighted by Crippen LogP contribution is 2.22. The van der Waals surface area contributed by atoms with Gasteiger partial charge < -0.3 is 35.8 Å². The summed E-state index contributed by atoms with van der Waals surface area (Å²) in [4.78, 5) is 46.4. The molecule has 0 aliphatic heterocycles. The summed E-state index contributed by atoms with van der Waals surface area (Å²) in [5.74, 6) is -4.67. The van der Waals surface area contributed by atoms with Crippen molar-refractivity contribution in [2.75, 3.05) is 17.2 Å². The van der Waals surface area contributed by atoms with E-state index < -0.39 is 29.2 Å². The van der Waals surface area contributed by atoms with Crippen molar-refractivity contribution in [3.8, 4) is 6.01 Å². The standard InChI is InChI=1S/C28H27N5O8/c1-3-4-13-41-28-32-26(29-19-9-5-17(6-10-19)14-21(16(2)34)23(35)36)31-27(33-28)30-20-11-7-18(8-12-20)15-22(24(37)38)25(39)40/h5-12,14-15,34H,2-4,13H2,1H3,(H,35,36)(H,37,38)(H,39,40)(H2,29,30,31,32,33)/b21-14-. The molecule has 0 saturated carbocycles. The third-order valence-electron chi connectivity index (χ3n) is 5.30. The fourth-order valence-corrected chi connectivity index (χ4v) is 3.24. The number of aromatic nitrogens is 3. The van der Waals surface area contributed by atoms with Gasteiger partial charge in [-0.05, 0) is 54.0 Å². The van der Waals surface area contributed by atoms with Crippen molar-refractivity contribution in [1.29, 1.82) is 0 Å². The lowest BCUT2D eigenvalue weighted by molar-refractivity contribution is -0.140. The number of nitrogens with zero attached hydrogens (tertiary/aromatic N) is 3. The van der Waals surface area contributed by atoms with Gasteiger partial charge in [0.1, 0.15) is 16.9 Å². The number of ether oxygens (including phenoxy) is 1. The molecule has 13 nitrogen and oxygen atoms in total. The third-order valence-corrected chi connectivity index (χ3v) is 5.30. The van der Waals surface area contributed by atoms with E-state index >= 15 is 0 Å². The fraction of sp³-hybridized carbons (Fsp3) is 0.143. The van der Waals surface area contributed by atoms with Crippen molar-refractivity contribution in [1.82, 2.24) is 15.0 Å². The molecule has 0 aliphatic carbocycles. The average molecular weight is 562 g/mol. The molecule has 3 rings (SSSR count). The lowest BCUT2D eigenvalue weighted by atomic mass is 10.1. The Morgan fingerprint density at radius 1 is 0.756 bits per heavy atom. The Labute approximate surface area is 234 Å². The second-order valence-corrected chi connectivity index (χ2v) is 8.44. The minimum absolute atomic E-state index is 0.0673. The van der Waals surface area contributed by atoms with E-state index in [9.17, 15) is 24.6 Å². The molecule has 0 fully saturated rings. The van der Waals surface area contributed by atoms with E-state index in [1.54, 1.807) is 36.4 Å². The molecule has 3 aromatic rings. The lowest BCUT2D eigenvalue weighted by Gasteiger charge is -2.11. The van der Waals surface area contributed by atoms with Crippen LogP contribution in [0.25, 0.3) is 12.2 Å². The number of carbonyl (C=O) groups is 3. The van der Waals surface area contributed by atoms with Crippen LogP contribution in [0.2, 0.25) is 0 Å². The molecule has 0 amide bonds. The molecule has 0 bridgehead atoms. The zero-order valence-corrected chi connectivity index (χ0v) is 21.9. The summed E-state index contributed by atoms with van der Waals surface area (Å²) in [6.45, 7) is 5.66. The molecular weight excluding hydrogens is 534 g/mol. The van der Waals surface area contributed by atoms with E-state index in [0.29, 0.717) is 29.1 Å². The first-order valence-corrected chi connectivity index (χ1v) is 12.2. The van der Waals surface area contributed by atoms with Gasteiger partial charge in [-0.2, -0.15) is 15.0 Å². The maximum atomic E-state index is 11.3. The Morgan fingerprint density at radius 3 is 1.59 bits per heavy atom. The molecule has 0 aliphatic rings. The number of aliphatic carboxylic acids is 3. The predicted molar refractivity (Wildman–Crippen MR) is 150 cm³/mol. The normalized spacial score (nSPS) is 10.8. The van der Waals surface area contributed by atoms with Crippen LogP contribution in [-0.4, -0.2) is 59.9 Å². The van der Waals surface area contributed by atoms with E-state index in [1.165, 1.54) is 18.2 Å². The average Bonchev–Trinajstić information content (AvgIpc) is 2.91. The maximum Gasteiger partial charge on any atom is 0.343 e. The SMILES string of the molecule is C=C(O)/C(=C/c1ccc(Nc2nc(Nc3ccc(C=C(C(=O)O)C(=O)O)cc3)nc(OCCCC)n2)cc1)C(=O)O. The largest absolute Gasteiger partial charge is 0.508 e. The van der Waals surface area contributed by atoms with E-state index in [-0.39, 0.29) is 23.5 Å². The summed E-state index contributed by atoms with van der Waals surface area (Å²) in [5.41, 5.74) is 0.888. The first kappa shape index (κ1) is 29.8. The van der Waals surface area contributed by atoms with E-state index in [2.05, 4.69) is 32.2 Å². The number of anilines is 4. The smallest absolute Gasteiger partial charge is 0.343 e. The molecule has 2 aromatic carbocycles. The number of rotatable bonds is 14. The summed E-state index contributed by atoms with van der Waals surface area (Å²) >= 11 is 0. The zero-order valence-electron chi connectivity index (χ0n) is 21.9. The highest BCUT2D eigenvalue weighted by Gasteiger charge is 2.16. The minimum Gasteiger partial charge on any atom is -0.508 e. The van der Waals surface area contributed by atoms with Gasteiger partial charge in [0.05, 0.1) is 6.61 Å². The van der Waals surface area contributed by atoms with Crippen molar-refractivity contribution in [3.05, 3.63) is 83.1 Å². The summed E-state index contributed by atoms with van der Waals surface area (Å²) in [6.07, 6.45) is 4.02. The Bertz CT molecular complexity index is 1360. The second kappa shape index (κ2) is 13.9. The lowest BCUT2D eigenvalue weighted by Crippen LogP contribution is -2.10. The number of aliphatic hydroxyl groups excluding tert-OH is 1. The molecule has 0 unspecified atom stereocenters. The van der Waals surface area contributed by atoms with Crippen LogP contribution >= 0.6 is 0 Å². The molecule has 0 saturated heterocycles. The Hall–Kier alpha value is -5.72. The molecule has 13 heteroatoms. The van der Waals surface area contributed by atoms with Crippen LogP contribution in [0.5, 0.6) is 6.01 Å². The van der Waals surface area contributed by atoms with Crippen molar-refractivity contribution in [2.24, 2.45) is 0 Å². The van der Waals surface area contributed by atoms with Gasteiger partial charge in [-0.15, -0.1) is 0 Å². The number of hydrogen-bond acceptors (Lipinski definition) is 10. The van der Waals surface area contributed by atoms with Gasteiger partial charge in [0.15, 0.2) is 0 Å². The van der Waals surface area contributed by atoms with Crippen molar-refractivity contribution < 1.29 is 39.5 Å². The molecule has 0 radical (unpaired) electrons. The van der Waals surface area contributed by atoms with Crippen molar-refractivity contribution in [2.45, 2.75) is 19.8 Å². The van der Waals surface area contributed by atoms with Crippen LogP contribution in [-0.2, 0) is 14.4 Å². The third kappa shape index (κ3) is 8.92. The van der Waals surface area contributed by atoms with Crippen molar-refractivity contribution in [3.63, 3.8) is 0 Å². The van der Waals surface area contributed by atoms with Crippen LogP contribution in [0.15, 0.2) is 72.0 Å². The van der Waals surface area contributed by atoms with Crippen LogP contribution in [0.4, 0.5) is 23.3 Å². The van der Waals surface area contributed by atoms with Gasteiger partial charge >= 0.3 is 23.9 Å². The molecule has 41 heavy (non-hydrogen) atoms. The monoisotopic (exact) mass is 561 g/mol. The number of carboxylic acid groups (broad SMARTS) is 3. The first-order chi connectivity index (χ1) is 19.5. The van der Waals surface area contributed by atoms with E-state index in [0.717, 1.165) is 18.9 Å². The number of hydrogen-bond donors (Lipinski definition) is 6. The zero-order chi connectivity index (χ0) is 29.9. The quantitative estimate of drug-likeness (QED) is 0.0397. The van der Waals surface area contributed by atoms with Gasteiger partial charge in [-0.3, -0.25) is 0 Å². The van der Waals surface area contributed by atoms with E-state index in [1.807, 2.05) is 6.92 Å². The number of unbranched alkanes of at least 4 members (excludes halogenated alkanes) is 1. The Morgan fingerprint density at radius 2 is 1.20 bits per heavy atom. The fourth-order valence-electron chi connectivity index (χ4n) is 3.24. The van der Waals surface area contributed by atoms with Gasteiger partial charge in [0.25, 0.3) is 0 Å². The Balaban J connectivity index is 1.83. The van der Waals surface area contributed by atoms with Crippen molar-refractivity contribution >= 4 is 53.3 Å². The van der Waals surface area contributed by atoms with Gasteiger partial charge in [0.2, 0.25) is 11.9 Å². The second-order valence-electron chi connectivity index (χ2n) is 8.44. The predicted octanol–water partition coefficient (Wildman–Crippen LogP) is 4.63. The van der Waals surface area contributed by atoms with E-state index in [4.69, 9.17) is 14.9 Å². The van der Waals surface area contributed by atoms with Gasteiger partial charge in [0, 0.05) is 11.4 Å². The minimum atomic E-state index is -1.55. The summed E-state index contributed by atoms with van der Waals surface area (Å²) in [6, 6.07) is 12.9. The number of benzene rings is 2. The van der Waals surface area contributed by atoms with Crippen LogP contribution in [0, 0.1) is 0 Å². The van der Waals surface area contributed by atoms with Crippen LogP contribution in [0.3, 0.4) is 0 Å². The summed E-state index contributed by atoms with van der Waals surface area (Å²) in [5, 5.41) is 42.8. The Kier molecular flexibility index (Phi) is 10.1. The maximum absolute atomic E-state index is 11.3. The van der Waals surface area contributed by atoms with Crippen LogP contribution in [0.1, 0.15) is 30.9 Å². The molecule has 0 spiro atoms. The molecule has 1 heterocycles. The highest BCUT2D eigenvalue weighted by molar-refractivity contribution is 6.16. The number of nitrogens with one attached hydrogen (secondary N) is 2. The number of carboxylic acids is 3. The summed E-state index contributed by atoms with van der Waals surface area (Å²) < 4.78 is 5.66. The summed E-state index contributed by atoms with van der Waals surface area (Å²) in [7, 11) is 0.